The lowest BCUT2D eigenvalue weighted by Crippen LogP contribution is -2.51. The number of rotatable bonds is 5. The quantitative estimate of drug-likeness (QED) is 0.374. The van der Waals surface area contributed by atoms with E-state index >= 15 is 0 Å². The van der Waals surface area contributed by atoms with Crippen LogP contribution in [0.4, 0.5) is 0 Å². The van der Waals surface area contributed by atoms with Crippen molar-refractivity contribution in [2.24, 2.45) is 10.9 Å². The number of ether oxygens (including phenoxy) is 1. The zero-order chi connectivity index (χ0) is 15.3. The Morgan fingerprint density at radius 2 is 2.19 bits per heavy atom. The number of carbonyl (C=O) groups excluding carboxylic acids is 1. The summed E-state index contributed by atoms with van der Waals surface area (Å²) in [6, 6.07) is 7.38. The monoisotopic (exact) mass is 290 g/mol. The molecule has 2 rings (SSSR count). The Bertz CT molecular complexity index is 513. The first kappa shape index (κ1) is 15.5. The minimum Gasteiger partial charge on any atom is -0.465 e. The summed E-state index contributed by atoms with van der Waals surface area (Å²) in [5.41, 5.74) is 0.694. The van der Waals surface area contributed by atoms with E-state index in [4.69, 9.17) is 10.6 Å². The normalized spacial score (nSPS) is 26.0. The van der Waals surface area contributed by atoms with Gasteiger partial charge in [-0.2, -0.15) is 5.10 Å². The van der Waals surface area contributed by atoms with E-state index in [2.05, 4.69) is 12.0 Å². The summed E-state index contributed by atoms with van der Waals surface area (Å²) in [7, 11) is 0. The number of unbranched alkanes of at least 4 members (excludes halogenated alkanes) is 1. The summed E-state index contributed by atoms with van der Waals surface area (Å²) in [4.78, 5) is 12.4. The molecule has 2 unspecified atom stereocenters. The molecule has 0 aliphatic carbocycles. The van der Waals surface area contributed by atoms with Crippen LogP contribution in [-0.2, 0) is 14.9 Å². The van der Waals surface area contributed by atoms with Crippen LogP contribution in [0.25, 0.3) is 0 Å². The number of aliphatic hydroxyl groups is 1. The van der Waals surface area contributed by atoms with Crippen molar-refractivity contribution in [3.8, 4) is 0 Å². The molecule has 1 heterocycles. The molecule has 1 aliphatic rings. The van der Waals surface area contributed by atoms with E-state index in [-0.39, 0.29) is 12.6 Å². The number of hydrogen-bond donors (Lipinski definition) is 2. The van der Waals surface area contributed by atoms with Crippen molar-refractivity contribution < 1.29 is 14.6 Å². The van der Waals surface area contributed by atoms with Crippen molar-refractivity contribution in [1.82, 2.24) is 0 Å². The third-order valence-corrected chi connectivity index (χ3v) is 4.13. The minimum atomic E-state index is -0.952. The zero-order valence-corrected chi connectivity index (χ0v) is 12.3. The molecule has 1 aromatic carbocycles. The predicted octanol–water partition coefficient (Wildman–Crippen LogP) is 1.71. The molecule has 0 spiro atoms. The summed E-state index contributed by atoms with van der Waals surface area (Å²) in [6.07, 6.45) is 3.71. The standard InChI is InChI=1S/C16H22N2O3/c1-2-3-9-16(14(19)8-10-21-15(16)20)13-6-4-12(5-7-13)11-18-17/h4-7,11,14,19H,2-3,8-10,17H2,1H3. The van der Waals surface area contributed by atoms with Gasteiger partial charge in [-0.3, -0.25) is 4.79 Å². The minimum absolute atomic E-state index is 0.284. The van der Waals surface area contributed by atoms with Gasteiger partial charge in [-0.05, 0) is 17.5 Å². The Morgan fingerprint density at radius 1 is 1.48 bits per heavy atom. The molecule has 0 radical (unpaired) electrons. The predicted molar refractivity (Wildman–Crippen MR) is 81.0 cm³/mol. The highest BCUT2D eigenvalue weighted by molar-refractivity contribution is 5.85. The largest absolute Gasteiger partial charge is 0.465 e. The molecule has 3 N–H and O–H groups in total. The fraction of sp³-hybridized carbons (Fsp3) is 0.500. The van der Waals surface area contributed by atoms with Crippen molar-refractivity contribution >= 4 is 12.2 Å². The highest BCUT2D eigenvalue weighted by atomic mass is 16.5. The van der Waals surface area contributed by atoms with Crippen LogP contribution in [0.3, 0.4) is 0 Å². The van der Waals surface area contributed by atoms with Crippen molar-refractivity contribution in [2.75, 3.05) is 6.61 Å². The van der Waals surface area contributed by atoms with E-state index in [1.165, 1.54) is 6.21 Å². The number of hydrazone groups is 1. The van der Waals surface area contributed by atoms with Gasteiger partial charge in [0.05, 0.1) is 18.9 Å². The smallest absolute Gasteiger partial charge is 0.319 e. The van der Waals surface area contributed by atoms with E-state index in [9.17, 15) is 9.90 Å². The maximum atomic E-state index is 12.4. The van der Waals surface area contributed by atoms with Gasteiger partial charge in [-0.25, -0.2) is 0 Å². The van der Waals surface area contributed by atoms with Crippen LogP contribution in [-0.4, -0.2) is 30.0 Å². The molecule has 5 nitrogen and oxygen atoms in total. The number of carbonyl (C=O) groups is 1. The van der Waals surface area contributed by atoms with Crippen LogP contribution in [0.5, 0.6) is 0 Å². The van der Waals surface area contributed by atoms with Gasteiger partial charge in [0, 0.05) is 6.42 Å². The average Bonchev–Trinajstić information content (AvgIpc) is 2.49. The second kappa shape index (κ2) is 6.72. The van der Waals surface area contributed by atoms with Gasteiger partial charge in [0.25, 0.3) is 0 Å². The average molecular weight is 290 g/mol. The Morgan fingerprint density at radius 3 is 2.76 bits per heavy atom. The molecule has 0 bridgehead atoms. The molecule has 1 fully saturated rings. The molecule has 2 atom stereocenters. The van der Waals surface area contributed by atoms with Gasteiger partial charge in [0.15, 0.2) is 0 Å². The Labute approximate surface area is 124 Å². The highest BCUT2D eigenvalue weighted by Crippen LogP contribution is 2.39. The van der Waals surface area contributed by atoms with Gasteiger partial charge in [-0.15, -0.1) is 0 Å². The number of hydrogen-bond acceptors (Lipinski definition) is 5. The van der Waals surface area contributed by atoms with Crippen LogP contribution >= 0.6 is 0 Å². The van der Waals surface area contributed by atoms with Gasteiger partial charge in [0.2, 0.25) is 0 Å². The molecule has 21 heavy (non-hydrogen) atoms. The van der Waals surface area contributed by atoms with Gasteiger partial charge >= 0.3 is 5.97 Å². The number of nitrogens with zero attached hydrogens (tertiary/aromatic N) is 1. The third kappa shape index (κ3) is 2.93. The van der Waals surface area contributed by atoms with E-state index in [0.717, 1.165) is 24.0 Å². The molecule has 0 saturated carbocycles. The molecule has 114 valence electrons. The molecule has 1 aromatic rings. The van der Waals surface area contributed by atoms with Crippen molar-refractivity contribution in [3.63, 3.8) is 0 Å². The highest BCUT2D eigenvalue weighted by Gasteiger charge is 2.49. The van der Waals surface area contributed by atoms with Crippen LogP contribution in [0.2, 0.25) is 0 Å². The van der Waals surface area contributed by atoms with E-state index < -0.39 is 11.5 Å². The fourth-order valence-corrected chi connectivity index (χ4v) is 2.91. The molecular weight excluding hydrogens is 268 g/mol. The number of benzene rings is 1. The Balaban J connectivity index is 2.40. The lowest BCUT2D eigenvalue weighted by atomic mass is 9.70. The van der Waals surface area contributed by atoms with E-state index in [1.807, 2.05) is 24.3 Å². The maximum Gasteiger partial charge on any atom is 0.319 e. The molecule has 0 aromatic heterocycles. The molecule has 1 aliphatic heterocycles. The summed E-state index contributed by atoms with van der Waals surface area (Å²) in [5.74, 6) is 4.81. The summed E-state index contributed by atoms with van der Waals surface area (Å²) >= 11 is 0. The first-order chi connectivity index (χ1) is 10.1. The molecule has 5 heteroatoms. The summed E-state index contributed by atoms with van der Waals surface area (Å²) < 4.78 is 5.25. The molecular formula is C16H22N2O3. The second-order valence-corrected chi connectivity index (χ2v) is 5.42. The second-order valence-electron chi connectivity index (χ2n) is 5.42. The third-order valence-electron chi connectivity index (χ3n) is 4.13. The topological polar surface area (TPSA) is 84.9 Å². The SMILES string of the molecule is CCCCC1(c2ccc(C=NN)cc2)C(=O)OCCC1O. The van der Waals surface area contributed by atoms with E-state index in [0.29, 0.717) is 12.8 Å². The van der Waals surface area contributed by atoms with Crippen molar-refractivity contribution in [2.45, 2.75) is 44.1 Å². The molecule has 0 amide bonds. The van der Waals surface area contributed by atoms with Crippen molar-refractivity contribution in [3.05, 3.63) is 35.4 Å². The van der Waals surface area contributed by atoms with Gasteiger partial charge < -0.3 is 15.7 Å². The first-order valence-corrected chi connectivity index (χ1v) is 7.34. The fourth-order valence-electron chi connectivity index (χ4n) is 2.91. The number of aliphatic hydroxyl groups excluding tert-OH is 1. The summed E-state index contributed by atoms with van der Waals surface area (Å²) in [5, 5.41) is 14.0. The van der Waals surface area contributed by atoms with Crippen LogP contribution in [0.1, 0.15) is 43.7 Å². The van der Waals surface area contributed by atoms with Crippen LogP contribution in [0.15, 0.2) is 29.4 Å². The summed E-state index contributed by atoms with van der Waals surface area (Å²) in [6.45, 7) is 2.35. The molecule has 1 saturated heterocycles. The number of cyclic esters (lactones) is 1. The van der Waals surface area contributed by atoms with Gasteiger partial charge in [0.1, 0.15) is 5.41 Å². The Hall–Kier alpha value is -1.88. The first-order valence-electron chi connectivity index (χ1n) is 7.34. The van der Waals surface area contributed by atoms with Crippen LogP contribution < -0.4 is 5.84 Å². The van der Waals surface area contributed by atoms with E-state index in [1.54, 1.807) is 0 Å². The Kier molecular flexibility index (Phi) is 4.96. The zero-order valence-electron chi connectivity index (χ0n) is 12.3. The number of esters is 1. The van der Waals surface area contributed by atoms with Gasteiger partial charge in [-0.1, -0.05) is 44.0 Å². The number of nitrogens with two attached hydrogens (primary N) is 1. The lowest BCUT2D eigenvalue weighted by Gasteiger charge is -2.39. The van der Waals surface area contributed by atoms with Crippen LogP contribution in [0, 0.1) is 0 Å². The maximum absolute atomic E-state index is 12.4. The lowest BCUT2D eigenvalue weighted by molar-refractivity contribution is -0.165. The van der Waals surface area contributed by atoms with Crippen molar-refractivity contribution in [1.29, 1.82) is 0 Å².